The topological polar surface area (TPSA) is 81.5 Å². The monoisotopic (exact) mass is 209 g/mol. The molecule has 1 rings (SSSR count). The van der Waals surface area contributed by atoms with Gasteiger partial charge in [0.25, 0.3) is 0 Å². The van der Waals surface area contributed by atoms with E-state index in [1.165, 1.54) is 0 Å². The lowest BCUT2D eigenvalue weighted by Crippen LogP contribution is -2.13. The number of nitrogens with zero attached hydrogens (tertiary/aromatic N) is 1. The summed E-state index contributed by atoms with van der Waals surface area (Å²) in [6.45, 7) is 0. The van der Waals surface area contributed by atoms with Gasteiger partial charge in [-0.3, -0.25) is 4.79 Å². The van der Waals surface area contributed by atoms with Crippen LogP contribution in [0.25, 0.3) is 0 Å². The van der Waals surface area contributed by atoms with Gasteiger partial charge in [-0.05, 0) is 0 Å². The van der Waals surface area contributed by atoms with Crippen LogP contribution in [-0.2, 0) is 0 Å². The van der Waals surface area contributed by atoms with Crippen molar-refractivity contribution in [3.63, 3.8) is 0 Å². The maximum Gasteiger partial charge on any atom is 0.177 e. The lowest BCUT2D eigenvalue weighted by atomic mass is 10.2. The van der Waals surface area contributed by atoms with Gasteiger partial charge in [0.15, 0.2) is 11.0 Å². The fourth-order valence-electron chi connectivity index (χ4n) is 0.884. The Labute approximate surface area is 86.4 Å². The number of Topliss-reactive ketones (excluding diaryl/α,β-unsaturated/α-hetero) is 1. The van der Waals surface area contributed by atoms with Crippen molar-refractivity contribution in [2.24, 2.45) is 16.7 Å². The van der Waals surface area contributed by atoms with Crippen LogP contribution in [0.15, 0.2) is 35.4 Å². The zero-order valence-electron chi connectivity index (χ0n) is 7.51. The van der Waals surface area contributed by atoms with Gasteiger partial charge in [0.05, 0.1) is 5.75 Å². The second-order valence-corrected chi connectivity index (χ2v) is 3.54. The van der Waals surface area contributed by atoms with Gasteiger partial charge >= 0.3 is 0 Å². The standard InChI is InChI=1S/C9H11N3OS/c10-9(12-11)14-6-8(13)7-4-2-1-3-5-7/h1-5H,6,11H2,(H2,10,12). The molecule has 14 heavy (non-hydrogen) atoms. The number of carbonyl (C=O) groups excluding carboxylic acids is 1. The second-order valence-electron chi connectivity index (χ2n) is 2.55. The Morgan fingerprint density at radius 3 is 2.57 bits per heavy atom. The van der Waals surface area contributed by atoms with Crippen LogP contribution in [0.2, 0.25) is 0 Å². The minimum absolute atomic E-state index is 0.0159. The number of carbonyl (C=O) groups is 1. The zero-order valence-corrected chi connectivity index (χ0v) is 8.33. The molecule has 0 aliphatic carbocycles. The first kappa shape index (κ1) is 10.6. The molecule has 0 aliphatic heterocycles. The summed E-state index contributed by atoms with van der Waals surface area (Å²) in [5, 5.41) is 3.48. The van der Waals surface area contributed by atoms with Gasteiger partial charge < -0.3 is 11.6 Å². The molecule has 0 bridgehead atoms. The Balaban J connectivity index is 2.52. The van der Waals surface area contributed by atoms with E-state index in [1.54, 1.807) is 12.1 Å². The number of thioether (sulfide) groups is 1. The van der Waals surface area contributed by atoms with Gasteiger partial charge in [0, 0.05) is 5.56 Å². The number of hydrogen-bond acceptors (Lipinski definition) is 4. The molecule has 0 amide bonds. The molecule has 0 atom stereocenters. The molecule has 4 nitrogen and oxygen atoms in total. The number of hydrazone groups is 1. The maximum absolute atomic E-state index is 11.5. The predicted octanol–water partition coefficient (Wildman–Crippen LogP) is 0.791. The third-order valence-electron chi connectivity index (χ3n) is 1.57. The van der Waals surface area contributed by atoms with Crippen molar-refractivity contribution in [1.29, 1.82) is 0 Å². The molecule has 1 aromatic carbocycles. The average Bonchev–Trinajstić information content (AvgIpc) is 2.26. The van der Waals surface area contributed by atoms with Gasteiger partial charge in [-0.25, -0.2) is 0 Å². The summed E-state index contributed by atoms with van der Waals surface area (Å²) in [6, 6.07) is 9.02. The molecular formula is C9H11N3OS. The highest BCUT2D eigenvalue weighted by atomic mass is 32.2. The normalized spacial score (nSPS) is 11.3. The van der Waals surface area contributed by atoms with Crippen LogP contribution >= 0.6 is 11.8 Å². The Hall–Kier alpha value is -1.49. The summed E-state index contributed by atoms with van der Waals surface area (Å²) in [7, 11) is 0. The summed E-state index contributed by atoms with van der Waals surface area (Å²) in [6.07, 6.45) is 0. The fraction of sp³-hybridized carbons (Fsp3) is 0.111. The van der Waals surface area contributed by atoms with Crippen molar-refractivity contribution in [2.45, 2.75) is 0 Å². The minimum Gasteiger partial charge on any atom is -0.377 e. The van der Waals surface area contributed by atoms with Crippen molar-refractivity contribution in [3.8, 4) is 0 Å². The predicted molar refractivity (Wildman–Crippen MR) is 59.0 cm³/mol. The molecule has 1 aromatic rings. The number of nitrogens with two attached hydrogens (primary N) is 2. The van der Waals surface area contributed by atoms with Crippen molar-refractivity contribution >= 4 is 22.7 Å². The summed E-state index contributed by atoms with van der Waals surface area (Å²) in [5.74, 6) is 5.20. The van der Waals surface area contributed by atoms with E-state index in [1.807, 2.05) is 18.2 Å². The molecule has 0 fully saturated rings. The number of benzene rings is 1. The van der Waals surface area contributed by atoms with Gasteiger partial charge in [0.2, 0.25) is 0 Å². The average molecular weight is 209 g/mol. The van der Waals surface area contributed by atoms with Crippen molar-refractivity contribution < 1.29 is 4.79 Å². The molecule has 0 spiro atoms. The third-order valence-corrected chi connectivity index (χ3v) is 2.38. The van der Waals surface area contributed by atoms with Crippen molar-refractivity contribution in [3.05, 3.63) is 35.9 Å². The third kappa shape index (κ3) is 3.10. The number of rotatable bonds is 3. The highest BCUT2D eigenvalue weighted by Gasteiger charge is 2.05. The molecule has 5 heteroatoms. The Morgan fingerprint density at radius 2 is 2.00 bits per heavy atom. The summed E-state index contributed by atoms with van der Waals surface area (Å²) >= 11 is 1.13. The lowest BCUT2D eigenvalue weighted by molar-refractivity contribution is 0.102. The molecule has 0 saturated heterocycles. The molecule has 0 unspecified atom stereocenters. The van der Waals surface area contributed by atoms with E-state index >= 15 is 0 Å². The van der Waals surface area contributed by atoms with Crippen LogP contribution in [0.4, 0.5) is 0 Å². The highest BCUT2D eigenvalue weighted by Crippen LogP contribution is 2.06. The minimum atomic E-state index is 0.0159. The van der Waals surface area contributed by atoms with E-state index in [2.05, 4.69) is 5.10 Å². The number of amidine groups is 1. The molecular weight excluding hydrogens is 198 g/mol. The smallest absolute Gasteiger partial charge is 0.177 e. The molecule has 0 aliphatic rings. The van der Waals surface area contributed by atoms with E-state index in [9.17, 15) is 4.79 Å². The second kappa shape index (κ2) is 5.29. The first-order chi connectivity index (χ1) is 6.74. The Bertz CT molecular complexity index is 337. The summed E-state index contributed by atoms with van der Waals surface area (Å²) < 4.78 is 0. The summed E-state index contributed by atoms with van der Waals surface area (Å²) in [5.41, 5.74) is 6.01. The molecule has 0 heterocycles. The molecule has 4 N–H and O–H groups in total. The van der Waals surface area contributed by atoms with E-state index in [4.69, 9.17) is 11.6 Å². The highest BCUT2D eigenvalue weighted by molar-refractivity contribution is 8.14. The first-order valence-corrected chi connectivity index (χ1v) is 4.97. The van der Waals surface area contributed by atoms with Gasteiger partial charge in [-0.1, -0.05) is 42.1 Å². The van der Waals surface area contributed by atoms with E-state index in [-0.39, 0.29) is 16.7 Å². The van der Waals surface area contributed by atoms with Gasteiger partial charge in [0.1, 0.15) is 0 Å². The van der Waals surface area contributed by atoms with Crippen LogP contribution in [0.5, 0.6) is 0 Å². The Kier molecular flexibility index (Phi) is 4.00. The van der Waals surface area contributed by atoms with E-state index in [0.29, 0.717) is 5.56 Å². The fourth-order valence-corrected chi connectivity index (χ4v) is 1.40. The van der Waals surface area contributed by atoms with Gasteiger partial charge in [-0.15, -0.1) is 0 Å². The molecule has 0 aromatic heterocycles. The Morgan fingerprint density at radius 1 is 1.36 bits per heavy atom. The zero-order chi connectivity index (χ0) is 10.4. The van der Waals surface area contributed by atoms with Crippen molar-refractivity contribution in [2.75, 3.05) is 5.75 Å². The molecule has 74 valence electrons. The largest absolute Gasteiger partial charge is 0.377 e. The molecule has 0 saturated carbocycles. The maximum atomic E-state index is 11.5. The van der Waals surface area contributed by atoms with Crippen LogP contribution < -0.4 is 11.6 Å². The number of hydrogen-bond donors (Lipinski definition) is 2. The lowest BCUT2D eigenvalue weighted by Gasteiger charge is -1.99. The van der Waals surface area contributed by atoms with E-state index in [0.717, 1.165) is 11.8 Å². The number of ketones is 1. The van der Waals surface area contributed by atoms with Crippen LogP contribution in [0, 0.1) is 0 Å². The SMILES string of the molecule is N/N=C(\N)SCC(=O)c1ccccc1. The summed E-state index contributed by atoms with van der Waals surface area (Å²) in [4.78, 5) is 11.5. The van der Waals surface area contributed by atoms with Crippen molar-refractivity contribution in [1.82, 2.24) is 0 Å². The van der Waals surface area contributed by atoms with Crippen LogP contribution in [-0.4, -0.2) is 16.7 Å². The first-order valence-electron chi connectivity index (χ1n) is 3.98. The quantitative estimate of drug-likeness (QED) is 0.253. The van der Waals surface area contributed by atoms with Crippen LogP contribution in [0.1, 0.15) is 10.4 Å². The van der Waals surface area contributed by atoms with Crippen LogP contribution in [0.3, 0.4) is 0 Å². The van der Waals surface area contributed by atoms with E-state index < -0.39 is 0 Å². The molecule has 0 radical (unpaired) electrons. The van der Waals surface area contributed by atoms with Gasteiger partial charge in [-0.2, -0.15) is 5.10 Å².